The molecule has 0 bridgehead atoms. The largest absolute Gasteiger partial charge is 0.256 e. The molecule has 0 unspecified atom stereocenters. The molecular weight excluding hydrogens is 532 g/mol. The van der Waals surface area contributed by atoms with Crippen molar-refractivity contribution in [1.29, 1.82) is 0 Å². The van der Waals surface area contributed by atoms with Gasteiger partial charge in [-0.2, -0.15) is 0 Å². The first-order valence-corrected chi connectivity index (χ1v) is 15.5. The fraction of sp³-hybridized carbons (Fsp3) is 0.0952. The minimum Gasteiger partial charge on any atom is -0.256 e. The molecular formula is C42H30N2. The summed E-state index contributed by atoms with van der Waals surface area (Å²) in [6, 6.07) is 53.2. The van der Waals surface area contributed by atoms with Crippen LogP contribution in [-0.2, 0) is 0 Å². The van der Waals surface area contributed by atoms with E-state index in [1.807, 2.05) is 12.4 Å². The molecule has 0 saturated heterocycles. The van der Waals surface area contributed by atoms with Crippen LogP contribution in [0, 0.1) is 0 Å². The minimum absolute atomic E-state index is 0.278. The Morgan fingerprint density at radius 3 is 1.18 bits per heavy atom. The zero-order valence-corrected chi connectivity index (χ0v) is 24.2. The predicted octanol–water partition coefficient (Wildman–Crippen LogP) is 10.5. The van der Waals surface area contributed by atoms with Crippen LogP contribution >= 0.6 is 0 Å². The molecule has 0 radical (unpaired) electrons. The molecule has 0 atom stereocenters. The van der Waals surface area contributed by atoms with E-state index in [-0.39, 0.29) is 23.7 Å². The number of benzene rings is 6. The molecule has 1 aliphatic carbocycles. The summed E-state index contributed by atoms with van der Waals surface area (Å²) >= 11 is 0. The van der Waals surface area contributed by atoms with Crippen molar-refractivity contribution in [3.8, 4) is 0 Å². The second kappa shape index (κ2) is 10.1. The van der Waals surface area contributed by atoms with Gasteiger partial charge in [-0.1, -0.05) is 133 Å². The summed E-state index contributed by atoms with van der Waals surface area (Å²) in [7, 11) is 0. The topological polar surface area (TPSA) is 25.8 Å². The predicted molar refractivity (Wildman–Crippen MR) is 182 cm³/mol. The third-order valence-electron chi connectivity index (χ3n) is 9.97. The van der Waals surface area contributed by atoms with E-state index in [0.717, 1.165) is 11.0 Å². The Kier molecular flexibility index (Phi) is 5.80. The van der Waals surface area contributed by atoms with Crippen molar-refractivity contribution >= 4 is 43.4 Å². The molecule has 6 aromatic carbocycles. The molecule has 0 amide bonds. The van der Waals surface area contributed by atoms with Crippen LogP contribution in [0.3, 0.4) is 0 Å². The highest BCUT2D eigenvalue weighted by molar-refractivity contribution is 6.07. The number of aromatic nitrogens is 2. The fourth-order valence-corrected chi connectivity index (χ4v) is 8.10. The van der Waals surface area contributed by atoms with Crippen molar-refractivity contribution in [3.05, 3.63) is 180 Å². The van der Waals surface area contributed by atoms with Crippen molar-refractivity contribution in [1.82, 2.24) is 9.97 Å². The molecule has 208 valence electrons. The summed E-state index contributed by atoms with van der Waals surface area (Å²) in [6.45, 7) is 0. The molecule has 9 rings (SSSR count). The number of hydrogen-bond donors (Lipinski definition) is 0. The Morgan fingerprint density at radius 2 is 0.727 bits per heavy atom. The van der Waals surface area contributed by atoms with E-state index in [2.05, 4.69) is 146 Å². The van der Waals surface area contributed by atoms with E-state index in [1.54, 1.807) is 0 Å². The third kappa shape index (κ3) is 3.81. The van der Waals surface area contributed by atoms with Gasteiger partial charge in [0.2, 0.25) is 0 Å². The number of rotatable bonds is 4. The summed E-state index contributed by atoms with van der Waals surface area (Å²) < 4.78 is 0. The number of pyridine rings is 2. The Labute approximate surface area is 256 Å². The van der Waals surface area contributed by atoms with Crippen molar-refractivity contribution < 1.29 is 0 Å². The van der Waals surface area contributed by atoms with E-state index in [0.29, 0.717) is 0 Å². The molecule has 0 spiro atoms. The number of hydrogen-bond acceptors (Lipinski definition) is 2. The van der Waals surface area contributed by atoms with Crippen LogP contribution in [0.1, 0.15) is 45.9 Å². The third-order valence-corrected chi connectivity index (χ3v) is 9.97. The SMILES string of the molecule is c1ccc(C2C(c3ccnc4c3ccc3ccccc34)C(c3ccccc3)C2c2ccnc3c2ccc2ccccc23)cc1. The molecule has 2 aromatic heterocycles. The number of nitrogens with zero attached hydrogens (tertiary/aromatic N) is 2. The summed E-state index contributed by atoms with van der Waals surface area (Å²) in [5.74, 6) is 1.13. The molecule has 0 aliphatic heterocycles. The van der Waals surface area contributed by atoms with Crippen LogP contribution in [-0.4, -0.2) is 9.97 Å². The van der Waals surface area contributed by atoms with Gasteiger partial charge < -0.3 is 0 Å². The lowest BCUT2D eigenvalue weighted by Gasteiger charge is -2.54. The first-order valence-electron chi connectivity index (χ1n) is 15.5. The molecule has 1 saturated carbocycles. The average Bonchev–Trinajstić information content (AvgIpc) is 3.09. The quantitative estimate of drug-likeness (QED) is 0.199. The standard InChI is InChI=1S/C42H30N2/c1-3-13-29(14-4-1)37-39(33-23-25-43-41-31-17-9-7-11-27(31)19-21-35(33)41)38(30-15-5-2-6-16-30)40(37)34-24-26-44-42-32-18-10-8-12-28(32)20-22-36(34)42/h1-26,37-40H. The normalized spacial score (nSPS) is 19.8. The van der Waals surface area contributed by atoms with Gasteiger partial charge in [0.05, 0.1) is 11.0 Å². The van der Waals surface area contributed by atoms with Gasteiger partial charge in [0.25, 0.3) is 0 Å². The molecule has 0 N–H and O–H groups in total. The van der Waals surface area contributed by atoms with E-state index in [9.17, 15) is 0 Å². The van der Waals surface area contributed by atoms with Crippen LogP contribution in [0.25, 0.3) is 43.4 Å². The summed E-state index contributed by atoms with van der Waals surface area (Å²) in [5, 5.41) is 7.38. The molecule has 1 aliphatic rings. The van der Waals surface area contributed by atoms with E-state index >= 15 is 0 Å². The molecule has 2 heteroatoms. The van der Waals surface area contributed by atoms with Gasteiger partial charge in [0, 0.05) is 33.9 Å². The lowest BCUT2D eigenvalue weighted by atomic mass is 9.48. The Morgan fingerprint density at radius 1 is 0.318 bits per heavy atom. The Bertz CT molecular complexity index is 2130. The maximum absolute atomic E-state index is 4.95. The first kappa shape index (κ1) is 25.2. The van der Waals surface area contributed by atoms with Crippen LogP contribution in [0.4, 0.5) is 0 Å². The smallest absolute Gasteiger partial charge is 0.0783 e. The zero-order valence-electron chi connectivity index (χ0n) is 24.2. The Balaban J connectivity index is 1.32. The fourth-order valence-electron chi connectivity index (χ4n) is 8.10. The molecule has 44 heavy (non-hydrogen) atoms. The second-order valence-corrected chi connectivity index (χ2v) is 12.1. The van der Waals surface area contributed by atoms with Crippen LogP contribution < -0.4 is 0 Å². The molecule has 2 heterocycles. The van der Waals surface area contributed by atoms with Gasteiger partial charge in [-0.05, 0) is 68.8 Å². The van der Waals surface area contributed by atoms with Crippen LogP contribution in [0.5, 0.6) is 0 Å². The van der Waals surface area contributed by atoms with Crippen LogP contribution in [0.15, 0.2) is 158 Å². The first-order chi connectivity index (χ1) is 21.9. The highest BCUT2D eigenvalue weighted by Crippen LogP contribution is 2.67. The highest BCUT2D eigenvalue weighted by atomic mass is 14.7. The lowest BCUT2D eigenvalue weighted by Crippen LogP contribution is -2.40. The molecule has 8 aromatic rings. The zero-order chi connectivity index (χ0) is 29.0. The van der Waals surface area contributed by atoms with Gasteiger partial charge in [-0.3, -0.25) is 9.97 Å². The van der Waals surface area contributed by atoms with E-state index in [4.69, 9.17) is 9.97 Å². The van der Waals surface area contributed by atoms with Gasteiger partial charge >= 0.3 is 0 Å². The molecule has 2 nitrogen and oxygen atoms in total. The van der Waals surface area contributed by atoms with Crippen molar-refractivity contribution in [2.24, 2.45) is 0 Å². The van der Waals surface area contributed by atoms with Gasteiger partial charge in [-0.15, -0.1) is 0 Å². The van der Waals surface area contributed by atoms with Gasteiger partial charge in [0.15, 0.2) is 0 Å². The second-order valence-electron chi connectivity index (χ2n) is 12.1. The van der Waals surface area contributed by atoms with Crippen molar-refractivity contribution in [2.45, 2.75) is 23.7 Å². The van der Waals surface area contributed by atoms with Crippen molar-refractivity contribution in [3.63, 3.8) is 0 Å². The van der Waals surface area contributed by atoms with E-state index in [1.165, 1.54) is 54.6 Å². The summed E-state index contributed by atoms with van der Waals surface area (Å²) in [6.07, 6.45) is 4.05. The molecule has 1 fully saturated rings. The van der Waals surface area contributed by atoms with E-state index < -0.39 is 0 Å². The van der Waals surface area contributed by atoms with Gasteiger partial charge in [-0.25, -0.2) is 0 Å². The Hall–Kier alpha value is -5.34. The average molecular weight is 563 g/mol. The minimum atomic E-state index is 0.278. The summed E-state index contributed by atoms with van der Waals surface area (Å²) in [4.78, 5) is 9.89. The maximum Gasteiger partial charge on any atom is 0.0783 e. The monoisotopic (exact) mass is 562 g/mol. The van der Waals surface area contributed by atoms with Gasteiger partial charge in [0.1, 0.15) is 0 Å². The summed E-state index contributed by atoms with van der Waals surface area (Å²) in [5.41, 5.74) is 7.69. The van der Waals surface area contributed by atoms with Crippen molar-refractivity contribution in [2.75, 3.05) is 0 Å². The maximum atomic E-state index is 4.95. The van der Waals surface area contributed by atoms with Crippen LogP contribution in [0.2, 0.25) is 0 Å². The highest BCUT2D eigenvalue weighted by Gasteiger charge is 2.53. The lowest BCUT2D eigenvalue weighted by molar-refractivity contribution is 0.231. The number of fused-ring (bicyclic) bond motifs is 6.